The molecule has 11 heteroatoms. The SMILES string of the molecule is COc1cccc(C2c3[nH]c4ccccc4c3C[C@H]3C(=O)N(c4ccccc4C(=O)N[C@H](C(=O)O)C(C)O)C(=O)N23)c1. The number of amides is 4. The highest BCUT2D eigenvalue weighted by molar-refractivity contribution is 6.24. The largest absolute Gasteiger partial charge is 0.497 e. The van der Waals surface area contributed by atoms with Gasteiger partial charge < -0.3 is 25.3 Å². The van der Waals surface area contributed by atoms with Crippen LogP contribution in [0.3, 0.4) is 0 Å². The van der Waals surface area contributed by atoms with Crippen molar-refractivity contribution in [1.82, 2.24) is 15.2 Å². The summed E-state index contributed by atoms with van der Waals surface area (Å²) in [6.07, 6.45) is -1.12. The second kappa shape index (κ2) is 10.3. The number of para-hydroxylation sites is 2. The average molecular weight is 569 g/mol. The van der Waals surface area contributed by atoms with Crippen molar-refractivity contribution in [2.45, 2.75) is 37.6 Å². The van der Waals surface area contributed by atoms with E-state index in [1.807, 2.05) is 42.5 Å². The highest BCUT2D eigenvalue weighted by atomic mass is 16.5. The van der Waals surface area contributed by atoms with Gasteiger partial charge in [0, 0.05) is 23.0 Å². The fourth-order valence-electron chi connectivity index (χ4n) is 5.92. The number of nitrogens with zero attached hydrogens (tertiary/aromatic N) is 2. The van der Waals surface area contributed by atoms with Gasteiger partial charge >= 0.3 is 12.0 Å². The van der Waals surface area contributed by atoms with E-state index in [0.717, 1.165) is 32.6 Å². The lowest BCUT2D eigenvalue weighted by Crippen LogP contribution is -2.48. The lowest BCUT2D eigenvalue weighted by molar-refractivity contribution is -0.141. The number of urea groups is 1. The van der Waals surface area contributed by atoms with Crippen molar-refractivity contribution in [3.05, 3.63) is 95.2 Å². The molecule has 0 radical (unpaired) electrons. The Labute approximate surface area is 240 Å². The van der Waals surface area contributed by atoms with E-state index in [2.05, 4.69) is 10.3 Å². The molecule has 0 saturated carbocycles. The van der Waals surface area contributed by atoms with Crippen LogP contribution in [0.1, 0.15) is 40.1 Å². The zero-order valence-corrected chi connectivity index (χ0v) is 22.8. The number of aliphatic hydroxyl groups excluding tert-OH is 1. The van der Waals surface area contributed by atoms with Crippen LogP contribution in [0.15, 0.2) is 72.8 Å². The van der Waals surface area contributed by atoms with E-state index >= 15 is 0 Å². The van der Waals surface area contributed by atoms with Crippen LogP contribution in [0, 0.1) is 0 Å². The van der Waals surface area contributed by atoms with Crippen LogP contribution < -0.4 is 15.0 Å². The number of carbonyl (C=O) groups is 4. The molecule has 3 aromatic carbocycles. The van der Waals surface area contributed by atoms with Gasteiger partial charge in [-0.3, -0.25) is 14.5 Å². The number of benzene rings is 3. The second-order valence-electron chi connectivity index (χ2n) is 10.4. The Morgan fingerprint density at radius 1 is 1.05 bits per heavy atom. The zero-order chi connectivity index (χ0) is 29.7. The predicted octanol–water partition coefficient (Wildman–Crippen LogP) is 3.22. The zero-order valence-electron chi connectivity index (χ0n) is 22.8. The number of carboxylic acids is 1. The van der Waals surface area contributed by atoms with Gasteiger partial charge in [-0.2, -0.15) is 0 Å². The lowest BCUT2D eigenvalue weighted by Gasteiger charge is -2.36. The molecule has 0 spiro atoms. The molecule has 0 bridgehead atoms. The van der Waals surface area contributed by atoms with Crippen LogP contribution in [0.5, 0.6) is 5.75 Å². The van der Waals surface area contributed by atoms with Crippen molar-refractivity contribution in [2.75, 3.05) is 12.0 Å². The monoisotopic (exact) mass is 568 g/mol. The number of hydrogen-bond acceptors (Lipinski definition) is 6. The van der Waals surface area contributed by atoms with Gasteiger partial charge in [0.2, 0.25) is 0 Å². The highest BCUT2D eigenvalue weighted by Gasteiger charge is 2.53. The molecule has 6 rings (SSSR count). The Morgan fingerprint density at radius 3 is 2.52 bits per heavy atom. The number of aromatic nitrogens is 1. The normalized spacial score (nSPS) is 19.3. The van der Waals surface area contributed by atoms with Crippen molar-refractivity contribution < 1.29 is 34.1 Å². The molecule has 4 atom stereocenters. The maximum Gasteiger partial charge on any atom is 0.332 e. The average Bonchev–Trinajstić information content (AvgIpc) is 3.48. The molecule has 11 nitrogen and oxygen atoms in total. The van der Waals surface area contributed by atoms with Crippen molar-refractivity contribution in [3.8, 4) is 5.75 Å². The van der Waals surface area contributed by atoms with Crippen LogP contribution in [0.4, 0.5) is 10.5 Å². The van der Waals surface area contributed by atoms with Crippen LogP contribution >= 0.6 is 0 Å². The maximum absolute atomic E-state index is 14.2. The number of rotatable bonds is 7. The minimum absolute atomic E-state index is 0.0204. The van der Waals surface area contributed by atoms with E-state index < -0.39 is 48.0 Å². The minimum Gasteiger partial charge on any atom is -0.497 e. The summed E-state index contributed by atoms with van der Waals surface area (Å²) in [5.41, 5.74) is 3.29. The van der Waals surface area contributed by atoms with E-state index in [0.29, 0.717) is 5.75 Å². The summed E-state index contributed by atoms with van der Waals surface area (Å²) < 4.78 is 5.45. The number of ether oxygens (including phenoxy) is 1. The summed E-state index contributed by atoms with van der Waals surface area (Å²) in [5, 5.41) is 22.6. The summed E-state index contributed by atoms with van der Waals surface area (Å²) in [4.78, 5) is 59.2. The second-order valence-corrected chi connectivity index (χ2v) is 10.4. The van der Waals surface area contributed by atoms with Gasteiger partial charge in [0.15, 0.2) is 6.04 Å². The summed E-state index contributed by atoms with van der Waals surface area (Å²) >= 11 is 0. The molecule has 214 valence electrons. The van der Waals surface area contributed by atoms with E-state index in [-0.39, 0.29) is 17.7 Å². The lowest BCUT2D eigenvalue weighted by atomic mass is 9.89. The summed E-state index contributed by atoms with van der Waals surface area (Å²) in [6, 6.07) is 17.4. The van der Waals surface area contributed by atoms with Crippen LogP contribution in [-0.2, 0) is 16.0 Å². The summed E-state index contributed by atoms with van der Waals surface area (Å²) in [7, 11) is 1.55. The standard InChI is InChI=1S/C31H28N4O7/c1-16(36)25(30(39)40)33-28(37)20-11-4-6-13-23(20)35-29(38)24-15-21-19-10-3-5-12-22(19)32-26(21)27(34(24)31(35)41)17-8-7-9-18(14-17)42-2/h3-14,16,24-25,27,32,36H,15H2,1-2H3,(H,33,37)(H,39,40)/t16?,24-,25-,27?/m0/s1. The van der Waals surface area contributed by atoms with Gasteiger partial charge in [-0.05, 0) is 48.4 Å². The van der Waals surface area contributed by atoms with Gasteiger partial charge in [0.1, 0.15) is 17.8 Å². The number of H-pyrrole nitrogens is 1. The molecule has 1 saturated heterocycles. The highest BCUT2D eigenvalue weighted by Crippen LogP contribution is 2.45. The van der Waals surface area contributed by atoms with Crippen molar-refractivity contribution >= 4 is 40.4 Å². The number of fused-ring (bicyclic) bond motifs is 4. The number of nitrogens with one attached hydrogen (secondary N) is 2. The van der Waals surface area contributed by atoms with Gasteiger partial charge in [-0.25, -0.2) is 14.5 Å². The summed E-state index contributed by atoms with van der Waals surface area (Å²) in [6.45, 7) is 1.24. The molecule has 0 aliphatic carbocycles. The summed E-state index contributed by atoms with van der Waals surface area (Å²) in [5.74, 6) is -2.18. The van der Waals surface area contributed by atoms with Crippen LogP contribution in [-0.4, -0.2) is 69.2 Å². The van der Waals surface area contributed by atoms with Crippen molar-refractivity contribution in [2.24, 2.45) is 0 Å². The molecule has 2 aliphatic rings. The molecular weight excluding hydrogens is 540 g/mol. The first-order valence-corrected chi connectivity index (χ1v) is 13.4. The van der Waals surface area contributed by atoms with Gasteiger partial charge in [-0.1, -0.05) is 42.5 Å². The molecule has 3 heterocycles. The number of imide groups is 1. The quantitative estimate of drug-likeness (QED) is 0.250. The Hall–Kier alpha value is -5.16. The van der Waals surface area contributed by atoms with Crippen LogP contribution in [0.2, 0.25) is 0 Å². The Bertz CT molecular complexity index is 1750. The fraction of sp³-hybridized carbons (Fsp3) is 0.226. The van der Waals surface area contributed by atoms with E-state index in [1.54, 1.807) is 25.3 Å². The van der Waals surface area contributed by atoms with E-state index in [1.165, 1.54) is 24.0 Å². The molecule has 1 aromatic heterocycles. The van der Waals surface area contributed by atoms with Crippen molar-refractivity contribution in [1.29, 1.82) is 0 Å². The Kier molecular flexibility index (Phi) is 6.66. The smallest absolute Gasteiger partial charge is 0.332 e. The van der Waals surface area contributed by atoms with E-state index in [9.17, 15) is 29.4 Å². The minimum atomic E-state index is -1.59. The number of anilines is 1. The topological polar surface area (TPSA) is 152 Å². The first-order valence-electron chi connectivity index (χ1n) is 13.4. The fourth-order valence-corrected chi connectivity index (χ4v) is 5.92. The molecule has 42 heavy (non-hydrogen) atoms. The van der Waals surface area contributed by atoms with Gasteiger partial charge in [-0.15, -0.1) is 0 Å². The maximum atomic E-state index is 14.2. The predicted molar refractivity (Wildman–Crippen MR) is 152 cm³/mol. The van der Waals surface area contributed by atoms with Gasteiger partial charge in [0.25, 0.3) is 11.8 Å². The molecular formula is C31H28N4O7. The Balaban J connectivity index is 1.45. The third kappa shape index (κ3) is 4.25. The molecule has 1 fully saturated rings. The number of methoxy groups -OCH3 is 1. The first-order chi connectivity index (χ1) is 20.2. The first kappa shape index (κ1) is 27.0. The third-order valence-corrected chi connectivity index (χ3v) is 7.88. The number of aliphatic carboxylic acids is 1. The molecule has 2 unspecified atom stereocenters. The number of carboxylic acid groups (broad SMARTS) is 1. The van der Waals surface area contributed by atoms with Crippen molar-refractivity contribution in [3.63, 3.8) is 0 Å². The number of aliphatic hydroxyl groups is 1. The Morgan fingerprint density at radius 2 is 1.79 bits per heavy atom. The third-order valence-electron chi connectivity index (χ3n) is 7.88. The molecule has 4 aromatic rings. The molecule has 4 amide bonds. The van der Waals surface area contributed by atoms with Gasteiger partial charge in [0.05, 0.1) is 24.5 Å². The van der Waals surface area contributed by atoms with Crippen LogP contribution in [0.25, 0.3) is 10.9 Å². The number of hydrogen-bond donors (Lipinski definition) is 4. The van der Waals surface area contributed by atoms with E-state index in [4.69, 9.17) is 4.74 Å². The molecule has 4 N–H and O–H groups in total. The molecule has 2 aliphatic heterocycles. The number of aromatic amines is 1. The number of carbonyl (C=O) groups excluding carboxylic acids is 3.